The molecule has 1 amide bonds. The molecule has 4 aromatic rings. The van der Waals surface area contributed by atoms with Crippen LogP contribution in [0.15, 0.2) is 66.7 Å². The molecule has 4 rings (SSSR count). The molecule has 0 saturated carbocycles. The Labute approximate surface area is 165 Å². The van der Waals surface area contributed by atoms with E-state index >= 15 is 0 Å². The van der Waals surface area contributed by atoms with Crippen molar-refractivity contribution in [2.24, 2.45) is 0 Å². The third-order valence-electron chi connectivity index (χ3n) is 4.12. The topological polar surface area (TPSA) is 73.3 Å². The van der Waals surface area contributed by atoms with E-state index < -0.39 is 0 Å². The van der Waals surface area contributed by atoms with Crippen molar-refractivity contribution < 1.29 is 14.3 Å². The van der Waals surface area contributed by atoms with E-state index in [0.29, 0.717) is 15.9 Å². The smallest absolute Gasteiger partial charge is 0.264 e. The predicted molar refractivity (Wildman–Crippen MR) is 110 cm³/mol. The Morgan fingerprint density at radius 3 is 2.61 bits per heavy atom. The average Bonchev–Trinajstić information content (AvgIpc) is 3.20. The first-order chi connectivity index (χ1) is 13.7. The van der Waals surface area contributed by atoms with E-state index in [1.165, 1.54) is 11.3 Å². The van der Waals surface area contributed by atoms with Gasteiger partial charge in [0, 0.05) is 10.9 Å². The van der Waals surface area contributed by atoms with Crippen molar-refractivity contribution >= 4 is 33.1 Å². The van der Waals surface area contributed by atoms with Gasteiger partial charge in [0.05, 0.1) is 7.11 Å². The standard InChI is InChI=1S/C21H17N3O3S/c1-26-16-11-9-15(10-12-16)20-23-24-21(28-20)22-19(25)13-27-18-8-4-6-14-5-2-3-7-17(14)18/h2-12H,13H2,1H3,(H,22,24,25). The first kappa shape index (κ1) is 17.9. The van der Waals surface area contributed by atoms with Gasteiger partial charge in [-0.2, -0.15) is 0 Å². The number of anilines is 1. The van der Waals surface area contributed by atoms with Crippen molar-refractivity contribution in [3.8, 4) is 22.1 Å². The first-order valence-electron chi connectivity index (χ1n) is 8.61. The van der Waals surface area contributed by atoms with Gasteiger partial charge in [-0.25, -0.2) is 0 Å². The van der Waals surface area contributed by atoms with Gasteiger partial charge in [-0.3, -0.25) is 10.1 Å². The van der Waals surface area contributed by atoms with Crippen LogP contribution in [0.25, 0.3) is 21.3 Å². The average molecular weight is 391 g/mol. The number of methoxy groups -OCH3 is 1. The second kappa shape index (κ2) is 8.06. The summed E-state index contributed by atoms with van der Waals surface area (Å²) in [7, 11) is 1.62. The van der Waals surface area contributed by atoms with E-state index in [0.717, 1.165) is 22.1 Å². The molecular formula is C21H17N3O3S. The number of amides is 1. The fourth-order valence-electron chi connectivity index (χ4n) is 2.74. The van der Waals surface area contributed by atoms with Gasteiger partial charge in [0.25, 0.3) is 5.91 Å². The summed E-state index contributed by atoms with van der Waals surface area (Å²) in [5.74, 6) is 1.15. The molecule has 3 aromatic carbocycles. The molecule has 1 N–H and O–H groups in total. The molecule has 0 bridgehead atoms. The SMILES string of the molecule is COc1ccc(-c2nnc(NC(=O)COc3cccc4ccccc34)s2)cc1. The summed E-state index contributed by atoms with van der Waals surface area (Å²) in [6.45, 7) is -0.106. The van der Waals surface area contributed by atoms with Crippen molar-refractivity contribution in [1.29, 1.82) is 0 Å². The molecule has 140 valence electrons. The van der Waals surface area contributed by atoms with Crippen LogP contribution in [0.1, 0.15) is 0 Å². The quantitative estimate of drug-likeness (QED) is 0.528. The lowest BCUT2D eigenvalue weighted by molar-refractivity contribution is -0.118. The number of carbonyl (C=O) groups is 1. The molecule has 0 fully saturated rings. The van der Waals surface area contributed by atoms with Gasteiger partial charge in [-0.15, -0.1) is 10.2 Å². The van der Waals surface area contributed by atoms with E-state index in [1.54, 1.807) is 7.11 Å². The van der Waals surface area contributed by atoms with Crippen LogP contribution in [0.4, 0.5) is 5.13 Å². The summed E-state index contributed by atoms with van der Waals surface area (Å²) >= 11 is 1.30. The van der Waals surface area contributed by atoms with E-state index in [1.807, 2.05) is 66.7 Å². The molecule has 7 heteroatoms. The van der Waals surface area contributed by atoms with Gasteiger partial charge in [0.1, 0.15) is 16.5 Å². The molecule has 6 nitrogen and oxygen atoms in total. The minimum atomic E-state index is -0.287. The summed E-state index contributed by atoms with van der Waals surface area (Å²) in [6, 6.07) is 21.1. The van der Waals surface area contributed by atoms with Gasteiger partial charge in [-0.05, 0) is 35.7 Å². The first-order valence-corrected chi connectivity index (χ1v) is 9.43. The predicted octanol–water partition coefficient (Wildman–Crippen LogP) is 4.38. The van der Waals surface area contributed by atoms with Crippen LogP contribution in [-0.4, -0.2) is 29.8 Å². The van der Waals surface area contributed by atoms with Crippen LogP contribution in [-0.2, 0) is 4.79 Å². The maximum Gasteiger partial charge on any atom is 0.264 e. The molecule has 28 heavy (non-hydrogen) atoms. The van der Waals surface area contributed by atoms with Gasteiger partial charge in [0.2, 0.25) is 5.13 Å². The van der Waals surface area contributed by atoms with Crippen LogP contribution in [0.3, 0.4) is 0 Å². The van der Waals surface area contributed by atoms with E-state index in [2.05, 4.69) is 15.5 Å². The lowest BCUT2D eigenvalue weighted by Crippen LogP contribution is -2.20. The normalized spacial score (nSPS) is 10.6. The zero-order valence-corrected chi connectivity index (χ0v) is 15.9. The zero-order valence-electron chi connectivity index (χ0n) is 15.1. The second-order valence-corrected chi connectivity index (χ2v) is 6.93. The number of hydrogen-bond acceptors (Lipinski definition) is 6. The summed E-state index contributed by atoms with van der Waals surface area (Å²) in [4.78, 5) is 12.2. The molecule has 0 aliphatic rings. The van der Waals surface area contributed by atoms with Crippen molar-refractivity contribution in [3.05, 3.63) is 66.7 Å². The number of ether oxygens (including phenoxy) is 2. The summed E-state index contributed by atoms with van der Waals surface area (Å²) in [6.07, 6.45) is 0. The Kier molecular flexibility index (Phi) is 5.16. The summed E-state index contributed by atoms with van der Waals surface area (Å²) < 4.78 is 10.9. The molecule has 0 aliphatic carbocycles. The fourth-order valence-corrected chi connectivity index (χ4v) is 3.51. The van der Waals surface area contributed by atoms with E-state index in [4.69, 9.17) is 9.47 Å². The third-order valence-corrected chi connectivity index (χ3v) is 5.00. The Hall–Kier alpha value is -3.45. The summed E-state index contributed by atoms with van der Waals surface area (Å²) in [5, 5.41) is 14.1. The Bertz CT molecular complexity index is 1100. The minimum absolute atomic E-state index is 0.106. The lowest BCUT2D eigenvalue weighted by Gasteiger charge is -2.08. The van der Waals surface area contributed by atoms with Crippen molar-refractivity contribution in [1.82, 2.24) is 10.2 Å². The molecule has 0 atom stereocenters. The number of benzene rings is 3. The molecule has 0 unspecified atom stereocenters. The number of fused-ring (bicyclic) bond motifs is 1. The van der Waals surface area contributed by atoms with Crippen LogP contribution < -0.4 is 14.8 Å². The van der Waals surface area contributed by atoms with Crippen LogP contribution in [0, 0.1) is 0 Å². The molecule has 1 aromatic heterocycles. The molecule has 0 spiro atoms. The van der Waals surface area contributed by atoms with Crippen molar-refractivity contribution in [2.45, 2.75) is 0 Å². The van der Waals surface area contributed by atoms with Gasteiger partial charge in [-0.1, -0.05) is 47.7 Å². The highest BCUT2D eigenvalue weighted by Gasteiger charge is 2.11. The highest BCUT2D eigenvalue weighted by atomic mass is 32.1. The van der Waals surface area contributed by atoms with Gasteiger partial charge < -0.3 is 9.47 Å². The maximum absolute atomic E-state index is 12.2. The van der Waals surface area contributed by atoms with Crippen molar-refractivity contribution in [3.63, 3.8) is 0 Å². The lowest BCUT2D eigenvalue weighted by atomic mass is 10.1. The molecule has 1 heterocycles. The zero-order chi connectivity index (χ0) is 19.3. The van der Waals surface area contributed by atoms with Crippen LogP contribution in [0.2, 0.25) is 0 Å². The number of nitrogens with zero attached hydrogens (tertiary/aromatic N) is 2. The largest absolute Gasteiger partial charge is 0.497 e. The number of rotatable bonds is 6. The van der Waals surface area contributed by atoms with E-state index in [9.17, 15) is 4.79 Å². The van der Waals surface area contributed by atoms with E-state index in [-0.39, 0.29) is 12.5 Å². The monoisotopic (exact) mass is 391 g/mol. The van der Waals surface area contributed by atoms with Crippen LogP contribution in [0.5, 0.6) is 11.5 Å². The van der Waals surface area contributed by atoms with Crippen molar-refractivity contribution in [2.75, 3.05) is 19.0 Å². The highest BCUT2D eigenvalue weighted by molar-refractivity contribution is 7.18. The van der Waals surface area contributed by atoms with Crippen LogP contribution >= 0.6 is 11.3 Å². The number of nitrogens with one attached hydrogen (secondary N) is 1. The molecule has 0 saturated heterocycles. The summed E-state index contributed by atoms with van der Waals surface area (Å²) in [5.41, 5.74) is 0.908. The molecule has 0 aliphatic heterocycles. The third kappa shape index (κ3) is 3.94. The minimum Gasteiger partial charge on any atom is -0.497 e. The number of aromatic nitrogens is 2. The Morgan fingerprint density at radius 2 is 1.79 bits per heavy atom. The molecular weight excluding hydrogens is 374 g/mol. The maximum atomic E-state index is 12.2. The molecule has 0 radical (unpaired) electrons. The fraction of sp³-hybridized carbons (Fsp3) is 0.0952. The number of hydrogen-bond donors (Lipinski definition) is 1. The second-order valence-electron chi connectivity index (χ2n) is 5.96. The number of carbonyl (C=O) groups excluding carboxylic acids is 1. The van der Waals surface area contributed by atoms with Gasteiger partial charge >= 0.3 is 0 Å². The van der Waals surface area contributed by atoms with Gasteiger partial charge in [0.15, 0.2) is 6.61 Å². The Morgan fingerprint density at radius 1 is 1.00 bits per heavy atom. The Balaban J connectivity index is 1.39. The highest BCUT2D eigenvalue weighted by Crippen LogP contribution is 2.28.